The summed E-state index contributed by atoms with van der Waals surface area (Å²) in [5.41, 5.74) is 12.2. The first-order chi connectivity index (χ1) is 10.4. The van der Waals surface area contributed by atoms with E-state index in [0.717, 1.165) is 24.3 Å². The number of rotatable bonds is 3. The standard InChI is InChI=1S/C17H23N3O2/c1-10-13(7-15(18)17(21)22-4)14-5-11-8-19(2)9-12(11)6-16(14)20(10)3/h5-6,15H,7-9,18H2,1-4H3. The van der Waals surface area contributed by atoms with Gasteiger partial charge in [-0.3, -0.25) is 9.69 Å². The number of aryl methyl sites for hydroxylation is 1. The molecule has 0 aliphatic carbocycles. The molecule has 1 aliphatic rings. The van der Waals surface area contributed by atoms with Crippen molar-refractivity contribution in [3.63, 3.8) is 0 Å². The first-order valence-corrected chi connectivity index (χ1v) is 7.54. The first-order valence-electron chi connectivity index (χ1n) is 7.54. The maximum atomic E-state index is 11.6. The summed E-state index contributed by atoms with van der Waals surface area (Å²) >= 11 is 0. The molecule has 1 unspecified atom stereocenters. The van der Waals surface area contributed by atoms with Crippen LogP contribution in [-0.2, 0) is 36.1 Å². The van der Waals surface area contributed by atoms with Crippen LogP contribution in [-0.4, -0.2) is 35.6 Å². The van der Waals surface area contributed by atoms with Crippen molar-refractivity contribution in [2.24, 2.45) is 12.8 Å². The van der Waals surface area contributed by atoms with Gasteiger partial charge in [-0.15, -0.1) is 0 Å². The Morgan fingerprint density at radius 3 is 2.59 bits per heavy atom. The molecule has 1 aliphatic heterocycles. The molecule has 0 radical (unpaired) electrons. The van der Waals surface area contributed by atoms with E-state index >= 15 is 0 Å². The molecular weight excluding hydrogens is 278 g/mol. The van der Waals surface area contributed by atoms with Crippen LogP contribution in [0.15, 0.2) is 12.1 Å². The minimum atomic E-state index is -0.620. The Bertz CT molecular complexity index is 748. The Kier molecular flexibility index (Phi) is 3.70. The number of hydrogen-bond acceptors (Lipinski definition) is 4. The Hall–Kier alpha value is -1.85. The highest BCUT2D eigenvalue weighted by molar-refractivity contribution is 5.88. The molecule has 2 N–H and O–H groups in total. The Balaban J connectivity index is 2.08. The maximum absolute atomic E-state index is 11.6. The smallest absolute Gasteiger partial charge is 0.322 e. The third-order valence-corrected chi connectivity index (χ3v) is 4.75. The van der Waals surface area contributed by atoms with Crippen molar-refractivity contribution >= 4 is 16.9 Å². The van der Waals surface area contributed by atoms with Crippen LogP contribution >= 0.6 is 0 Å². The molecule has 0 spiro atoms. The number of esters is 1. The van der Waals surface area contributed by atoms with Crippen molar-refractivity contribution in [1.82, 2.24) is 9.47 Å². The topological polar surface area (TPSA) is 60.5 Å². The van der Waals surface area contributed by atoms with Crippen LogP contribution in [0.2, 0.25) is 0 Å². The molecule has 0 fully saturated rings. The van der Waals surface area contributed by atoms with Crippen molar-refractivity contribution in [3.05, 3.63) is 34.5 Å². The van der Waals surface area contributed by atoms with Gasteiger partial charge < -0.3 is 15.0 Å². The van der Waals surface area contributed by atoms with Crippen molar-refractivity contribution in [2.45, 2.75) is 32.5 Å². The SMILES string of the molecule is COC(=O)C(N)Cc1c(C)n(C)c2cc3c(cc12)CN(C)C3. The van der Waals surface area contributed by atoms with Gasteiger partial charge in [0.2, 0.25) is 0 Å². The number of nitrogens with two attached hydrogens (primary N) is 1. The zero-order chi connectivity index (χ0) is 16.0. The average Bonchev–Trinajstić information content (AvgIpc) is 2.96. The number of hydrogen-bond donors (Lipinski definition) is 1. The fraction of sp³-hybridized carbons (Fsp3) is 0.471. The van der Waals surface area contributed by atoms with Crippen molar-refractivity contribution in [3.8, 4) is 0 Å². The summed E-state index contributed by atoms with van der Waals surface area (Å²) in [5, 5.41) is 1.20. The van der Waals surface area contributed by atoms with Crippen LogP contribution < -0.4 is 5.73 Å². The van der Waals surface area contributed by atoms with Gasteiger partial charge in [-0.2, -0.15) is 0 Å². The molecule has 0 saturated carbocycles. The Morgan fingerprint density at radius 1 is 1.32 bits per heavy atom. The molecule has 5 nitrogen and oxygen atoms in total. The summed E-state index contributed by atoms with van der Waals surface area (Å²) in [5.74, 6) is -0.364. The van der Waals surface area contributed by atoms with E-state index in [1.54, 1.807) is 0 Å². The number of aromatic nitrogens is 1. The number of carbonyl (C=O) groups excluding carboxylic acids is 1. The van der Waals surface area contributed by atoms with Gasteiger partial charge in [0, 0.05) is 43.2 Å². The van der Waals surface area contributed by atoms with Crippen LogP contribution in [0.4, 0.5) is 0 Å². The van der Waals surface area contributed by atoms with Crippen LogP contribution in [0.3, 0.4) is 0 Å². The second-order valence-corrected chi connectivity index (χ2v) is 6.27. The largest absolute Gasteiger partial charge is 0.468 e. The third kappa shape index (κ3) is 2.30. The van der Waals surface area contributed by atoms with Gasteiger partial charge in [-0.1, -0.05) is 0 Å². The number of benzene rings is 1. The second kappa shape index (κ2) is 5.41. The molecule has 1 aromatic heterocycles. The zero-order valence-corrected chi connectivity index (χ0v) is 13.6. The molecule has 118 valence electrons. The van der Waals surface area contributed by atoms with Gasteiger partial charge >= 0.3 is 5.97 Å². The molecule has 1 aromatic carbocycles. The summed E-state index contributed by atoms with van der Waals surface area (Å²) in [6.07, 6.45) is 0.504. The van der Waals surface area contributed by atoms with E-state index < -0.39 is 6.04 Å². The lowest BCUT2D eigenvalue weighted by Crippen LogP contribution is -2.33. The Morgan fingerprint density at radius 2 is 1.95 bits per heavy atom. The van der Waals surface area contributed by atoms with E-state index in [2.05, 4.69) is 42.6 Å². The Labute approximate surface area is 130 Å². The highest BCUT2D eigenvalue weighted by atomic mass is 16.5. The van der Waals surface area contributed by atoms with Crippen molar-refractivity contribution < 1.29 is 9.53 Å². The van der Waals surface area contributed by atoms with E-state index in [0.29, 0.717) is 6.42 Å². The highest BCUT2D eigenvalue weighted by Gasteiger charge is 2.23. The minimum Gasteiger partial charge on any atom is -0.468 e. The normalized spacial score (nSPS) is 16.0. The highest BCUT2D eigenvalue weighted by Crippen LogP contribution is 2.32. The lowest BCUT2D eigenvalue weighted by atomic mass is 10.00. The molecule has 0 saturated heterocycles. The van der Waals surface area contributed by atoms with E-state index in [4.69, 9.17) is 10.5 Å². The van der Waals surface area contributed by atoms with Crippen LogP contribution in [0.25, 0.3) is 10.9 Å². The predicted molar refractivity (Wildman–Crippen MR) is 86.5 cm³/mol. The lowest BCUT2D eigenvalue weighted by molar-refractivity contribution is -0.142. The summed E-state index contributed by atoms with van der Waals surface area (Å²) in [7, 11) is 5.57. The van der Waals surface area contributed by atoms with Crippen molar-refractivity contribution in [1.29, 1.82) is 0 Å². The van der Waals surface area contributed by atoms with E-state index in [1.165, 1.54) is 29.1 Å². The molecular formula is C17H23N3O2. The van der Waals surface area contributed by atoms with E-state index in [-0.39, 0.29) is 5.97 Å². The lowest BCUT2D eigenvalue weighted by Gasteiger charge is -2.10. The molecule has 2 heterocycles. The molecule has 0 bridgehead atoms. The fourth-order valence-corrected chi connectivity index (χ4v) is 3.42. The quantitative estimate of drug-likeness (QED) is 0.872. The molecule has 1 atom stereocenters. The van der Waals surface area contributed by atoms with Gasteiger partial charge in [0.25, 0.3) is 0 Å². The number of methoxy groups -OCH3 is 1. The number of nitrogens with zero attached hydrogens (tertiary/aromatic N) is 2. The second-order valence-electron chi connectivity index (χ2n) is 6.27. The van der Waals surface area contributed by atoms with E-state index in [9.17, 15) is 4.79 Å². The van der Waals surface area contributed by atoms with Crippen LogP contribution in [0.5, 0.6) is 0 Å². The average molecular weight is 301 g/mol. The third-order valence-electron chi connectivity index (χ3n) is 4.75. The predicted octanol–water partition coefficient (Wildman–Crippen LogP) is 1.47. The minimum absolute atomic E-state index is 0.364. The first kappa shape index (κ1) is 15.1. The number of ether oxygens (including phenoxy) is 1. The maximum Gasteiger partial charge on any atom is 0.322 e. The van der Waals surface area contributed by atoms with Gasteiger partial charge in [0.05, 0.1) is 7.11 Å². The zero-order valence-electron chi connectivity index (χ0n) is 13.6. The van der Waals surface area contributed by atoms with E-state index in [1.807, 2.05) is 0 Å². The summed E-state index contributed by atoms with van der Waals surface area (Å²) in [4.78, 5) is 13.9. The number of carbonyl (C=O) groups is 1. The summed E-state index contributed by atoms with van der Waals surface area (Å²) in [6, 6.07) is 3.92. The van der Waals surface area contributed by atoms with Gasteiger partial charge in [0.15, 0.2) is 0 Å². The molecule has 2 aromatic rings. The number of fused-ring (bicyclic) bond motifs is 2. The van der Waals surface area contributed by atoms with Gasteiger partial charge in [-0.25, -0.2) is 0 Å². The molecule has 22 heavy (non-hydrogen) atoms. The van der Waals surface area contributed by atoms with Gasteiger partial charge in [-0.05, 0) is 42.8 Å². The summed E-state index contributed by atoms with van der Waals surface area (Å²) in [6.45, 7) is 4.05. The monoisotopic (exact) mass is 301 g/mol. The summed E-state index contributed by atoms with van der Waals surface area (Å²) < 4.78 is 6.94. The molecule has 0 amide bonds. The van der Waals surface area contributed by atoms with Gasteiger partial charge in [0.1, 0.15) is 6.04 Å². The van der Waals surface area contributed by atoms with Crippen LogP contribution in [0, 0.1) is 6.92 Å². The van der Waals surface area contributed by atoms with Crippen molar-refractivity contribution in [2.75, 3.05) is 14.2 Å². The molecule has 3 rings (SSSR count). The fourth-order valence-electron chi connectivity index (χ4n) is 3.42. The van der Waals surface area contributed by atoms with Crippen LogP contribution in [0.1, 0.15) is 22.4 Å². The molecule has 5 heteroatoms.